The second kappa shape index (κ2) is 4.71. The van der Waals surface area contributed by atoms with Crippen molar-refractivity contribution >= 4 is 5.97 Å². The van der Waals surface area contributed by atoms with Crippen LogP contribution in [0.1, 0.15) is 18.8 Å². The van der Waals surface area contributed by atoms with Gasteiger partial charge in [0.1, 0.15) is 12.2 Å². The number of nitrogens with zero attached hydrogens (tertiary/aromatic N) is 3. The Labute approximate surface area is 82.3 Å². The molecule has 0 saturated carbocycles. The zero-order valence-electron chi connectivity index (χ0n) is 8.52. The predicted molar refractivity (Wildman–Crippen MR) is 49.4 cm³/mol. The van der Waals surface area contributed by atoms with Gasteiger partial charge < -0.3 is 9.30 Å². The molecule has 14 heavy (non-hydrogen) atoms. The Kier molecular flexibility index (Phi) is 3.58. The van der Waals surface area contributed by atoms with Crippen LogP contribution in [0.4, 0.5) is 0 Å². The van der Waals surface area contributed by atoms with E-state index in [0.717, 1.165) is 5.82 Å². The van der Waals surface area contributed by atoms with Crippen LogP contribution in [-0.2, 0) is 16.6 Å². The van der Waals surface area contributed by atoms with Gasteiger partial charge in [0, 0.05) is 7.05 Å². The zero-order valence-corrected chi connectivity index (χ0v) is 8.52. The molecule has 0 spiro atoms. The summed E-state index contributed by atoms with van der Waals surface area (Å²) in [6, 6.07) is -0.0263. The topological polar surface area (TPSA) is 69.0 Å². The Balaban J connectivity index is 2.47. The van der Waals surface area contributed by atoms with E-state index in [4.69, 9.17) is 0 Å². The maximum atomic E-state index is 10.8. The number of hydrogen-bond donors (Lipinski definition) is 1. The summed E-state index contributed by atoms with van der Waals surface area (Å²) in [6.45, 7) is 2.08. The van der Waals surface area contributed by atoms with Gasteiger partial charge in [-0.15, -0.1) is 10.2 Å². The third kappa shape index (κ3) is 2.53. The van der Waals surface area contributed by atoms with Crippen molar-refractivity contribution in [1.82, 2.24) is 20.1 Å². The highest BCUT2D eigenvalue weighted by Gasteiger charge is 2.11. The predicted octanol–water partition coefficient (Wildman–Crippen LogP) is -0.361. The number of carbonyl (C=O) groups excluding carboxylic acids is 1. The van der Waals surface area contributed by atoms with Crippen molar-refractivity contribution < 1.29 is 9.53 Å². The van der Waals surface area contributed by atoms with Crippen LogP contribution in [0, 0.1) is 0 Å². The molecule has 1 rings (SSSR count). The lowest BCUT2D eigenvalue weighted by Crippen LogP contribution is -2.28. The van der Waals surface area contributed by atoms with Crippen molar-refractivity contribution in [3.05, 3.63) is 12.2 Å². The monoisotopic (exact) mass is 198 g/mol. The first-order chi connectivity index (χ1) is 6.65. The summed E-state index contributed by atoms with van der Waals surface area (Å²) in [5, 5.41) is 10.6. The van der Waals surface area contributed by atoms with Crippen molar-refractivity contribution in [1.29, 1.82) is 0 Å². The molecule has 0 aliphatic rings. The normalized spacial score (nSPS) is 12.5. The number of methoxy groups -OCH3 is 1. The van der Waals surface area contributed by atoms with E-state index in [0.29, 0.717) is 0 Å². The van der Waals surface area contributed by atoms with E-state index in [2.05, 4.69) is 20.3 Å². The molecular formula is C8H14N4O2. The molecule has 6 heteroatoms. The van der Waals surface area contributed by atoms with Crippen molar-refractivity contribution in [2.24, 2.45) is 7.05 Å². The van der Waals surface area contributed by atoms with Crippen LogP contribution < -0.4 is 5.32 Å². The highest BCUT2D eigenvalue weighted by atomic mass is 16.5. The molecule has 0 bridgehead atoms. The smallest absolute Gasteiger partial charge is 0.319 e. The van der Waals surface area contributed by atoms with Gasteiger partial charge in [-0.3, -0.25) is 10.1 Å². The van der Waals surface area contributed by atoms with E-state index in [9.17, 15) is 4.79 Å². The third-order valence-electron chi connectivity index (χ3n) is 1.91. The van der Waals surface area contributed by atoms with Gasteiger partial charge in [0.05, 0.1) is 19.7 Å². The van der Waals surface area contributed by atoms with Crippen LogP contribution in [0.25, 0.3) is 0 Å². The van der Waals surface area contributed by atoms with Crippen LogP contribution in [0.5, 0.6) is 0 Å². The van der Waals surface area contributed by atoms with Crippen molar-refractivity contribution in [2.75, 3.05) is 13.7 Å². The molecule has 6 nitrogen and oxygen atoms in total. The second-order valence-corrected chi connectivity index (χ2v) is 2.98. The lowest BCUT2D eigenvalue weighted by Gasteiger charge is -2.11. The Morgan fingerprint density at radius 2 is 2.50 bits per heavy atom. The SMILES string of the molecule is COC(=O)CNC(C)c1nncn1C. The summed E-state index contributed by atoms with van der Waals surface area (Å²) in [5.41, 5.74) is 0. The Hall–Kier alpha value is -1.43. The zero-order chi connectivity index (χ0) is 10.6. The average molecular weight is 198 g/mol. The highest BCUT2D eigenvalue weighted by molar-refractivity contribution is 5.71. The molecule has 1 N–H and O–H groups in total. The van der Waals surface area contributed by atoms with Gasteiger partial charge in [-0.05, 0) is 6.92 Å². The van der Waals surface area contributed by atoms with Gasteiger partial charge >= 0.3 is 5.97 Å². The standard InChI is InChI=1S/C8H14N4O2/c1-6(9-4-7(13)14-3)8-11-10-5-12(8)2/h5-6,9H,4H2,1-3H3. The number of aromatic nitrogens is 3. The number of aryl methyl sites for hydroxylation is 1. The molecule has 0 saturated heterocycles. The fourth-order valence-electron chi connectivity index (χ4n) is 1.08. The minimum atomic E-state index is -0.293. The van der Waals surface area contributed by atoms with Crippen molar-refractivity contribution in [3.63, 3.8) is 0 Å². The number of ether oxygens (including phenoxy) is 1. The summed E-state index contributed by atoms with van der Waals surface area (Å²) in [4.78, 5) is 10.8. The van der Waals surface area contributed by atoms with E-state index < -0.39 is 0 Å². The van der Waals surface area contributed by atoms with Crippen molar-refractivity contribution in [3.8, 4) is 0 Å². The molecule has 1 aromatic heterocycles. The molecular weight excluding hydrogens is 184 g/mol. The lowest BCUT2D eigenvalue weighted by atomic mass is 10.3. The van der Waals surface area contributed by atoms with Gasteiger partial charge in [-0.25, -0.2) is 0 Å². The molecule has 1 heterocycles. The van der Waals surface area contributed by atoms with Crippen LogP contribution in [0.3, 0.4) is 0 Å². The van der Waals surface area contributed by atoms with Crippen LogP contribution in [0.2, 0.25) is 0 Å². The molecule has 0 aliphatic heterocycles. The number of rotatable bonds is 4. The molecule has 0 amide bonds. The Morgan fingerprint density at radius 1 is 1.79 bits per heavy atom. The van der Waals surface area contributed by atoms with Gasteiger partial charge in [0.15, 0.2) is 0 Å². The summed E-state index contributed by atoms with van der Waals surface area (Å²) in [6.07, 6.45) is 1.62. The Bertz CT molecular complexity index is 310. The summed E-state index contributed by atoms with van der Waals surface area (Å²) in [5.74, 6) is 0.493. The largest absolute Gasteiger partial charge is 0.468 e. The fourth-order valence-corrected chi connectivity index (χ4v) is 1.08. The van der Waals surface area contributed by atoms with Gasteiger partial charge in [0.2, 0.25) is 0 Å². The van der Waals surface area contributed by atoms with Crippen LogP contribution in [0.15, 0.2) is 6.33 Å². The fraction of sp³-hybridized carbons (Fsp3) is 0.625. The average Bonchev–Trinajstić information content (AvgIpc) is 2.60. The van der Waals surface area contributed by atoms with Crippen LogP contribution >= 0.6 is 0 Å². The molecule has 0 aromatic carbocycles. The first-order valence-electron chi connectivity index (χ1n) is 4.29. The maximum absolute atomic E-state index is 10.8. The molecule has 1 aromatic rings. The van der Waals surface area contributed by atoms with E-state index in [1.54, 1.807) is 10.9 Å². The molecule has 78 valence electrons. The van der Waals surface area contributed by atoms with Crippen molar-refractivity contribution in [2.45, 2.75) is 13.0 Å². The third-order valence-corrected chi connectivity index (χ3v) is 1.91. The second-order valence-electron chi connectivity index (χ2n) is 2.98. The van der Waals surface area contributed by atoms with Crippen LogP contribution in [-0.4, -0.2) is 34.4 Å². The maximum Gasteiger partial charge on any atom is 0.319 e. The first kappa shape index (κ1) is 10.6. The minimum Gasteiger partial charge on any atom is -0.468 e. The van der Waals surface area contributed by atoms with Gasteiger partial charge in [0.25, 0.3) is 0 Å². The van der Waals surface area contributed by atoms with E-state index in [1.807, 2.05) is 14.0 Å². The molecule has 0 fully saturated rings. The van der Waals surface area contributed by atoms with Gasteiger partial charge in [-0.1, -0.05) is 0 Å². The van der Waals surface area contributed by atoms with E-state index >= 15 is 0 Å². The molecule has 0 radical (unpaired) electrons. The molecule has 0 aliphatic carbocycles. The minimum absolute atomic E-state index is 0.0263. The highest BCUT2D eigenvalue weighted by Crippen LogP contribution is 2.05. The number of carbonyl (C=O) groups is 1. The number of hydrogen-bond acceptors (Lipinski definition) is 5. The lowest BCUT2D eigenvalue weighted by molar-refractivity contribution is -0.139. The van der Waals surface area contributed by atoms with E-state index in [-0.39, 0.29) is 18.6 Å². The van der Waals surface area contributed by atoms with Gasteiger partial charge in [-0.2, -0.15) is 0 Å². The first-order valence-corrected chi connectivity index (χ1v) is 4.29. The summed E-state index contributed by atoms with van der Waals surface area (Å²) in [7, 11) is 3.21. The van der Waals surface area contributed by atoms with E-state index in [1.165, 1.54) is 7.11 Å². The number of esters is 1. The molecule has 1 unspecified atom stereocenters. The Morgan fingerprint density at radius 3 is 3.00 bits per heavy atom. The molecule has 1 atom stereocenters. The summed E-state index contributed by atoms with van der Waals surface area (Å²) >= 11 is 0. The quantitative estimate of drug-likeness (QED) is 0.669. The number of nitrogens with one attached hydrogen (secondary N) is 1. The summed E-state index contributed by atoms with van der Waals surface area (Å²) < 4.78 is 6.30.